The fraction of sp³-hybridized carbons (Fsp3) is 0.500. The quantitative estimate of drug-likeness (QED) is 0.887. The molecule has 0 aromatic heterocycles. The van der Waals surface area contributed by atoms with Crippen molar-refractivity contribution in [3.63, 3.8) is 0 Å². The molecule has 8 heteroatoms. The summed E-state index contributed by atoms with van der Waals surface area (Å²) >= 11 is 0. The SMILES string of the molecule is CC(=O)NC[C@H]1CN(c2ccc(N3CC(CF)C3)c(F)c2)C(=O)O1. The first-order valence-electron chi connectivity index (χ1n) is 7.81. The smallest absolute Gasteiger partial charge is 0.414 e. The molecule has 2 aliphatic heterocycles. The van der Waals surface area contributed by atoms with E-state index < -0.39 is 24.7 Å². The van der Waals surface area contributed by atoms with Crippen molar-refractivity contribution < 1.29 is 23.1 Å². The molecule has 2 aliphatic rings. The van der Waals surface area contributed by atoms with Crippen molar-refractivity contribution in [2.75, 3.05) is 42.7 Å². The first-order chi connectivity index (χ1) is 11.5. The molecule has 0 unspecified atom stereocenters. The summed E-state index contributed by atoms with van der Waals surface area (Å²) in [4.78, 5) is 25.9. The van der Waals surface area contributed by atoms with Crippen LogP contribution in [0.5, 0.6) is 0 Å². The van der Waals surface area contributed by atoms with Gasteiger partial charge >= 0.3 is 6.09 Å². The predicted octanol–water partition coefficient (Wildman–Crippen LogP) is 1.69. The highest BCUT2D eigenvalue weighted by Gasteiger charge is 2.33. The number of ether oxygens (including phenoxy) is 1. The summed E-state index contributed by atoms with van der Waals surface area (Å²) in [6.07, 6.45) is -1.04. The maximum atomic E-state index is 14.3. The lowest BCUT2D eigenvalue weighted by Crippen LogP contribution is -2.48. The van der Waals surface area contributed by atoms with Crippen LogP contribution >= 0.6 is 0 Å². The van der Waals surface area contributed by atoms with Crippen LogP contribution in [0, 0.1) is 11.7 Å². The topological polar surface area (TPSA) is 61.9 Å². The minimum atomic E-state index is -0.570. The third-order valence-electron chi connectivity index (χ3n) is 4.21. The highest BCUT2D eigenvalue weighted by Crippen LogP contribution is 2.31. The standard InChI is InChI=1S/C16H19F2N3O3/c1-10(22)19-6-13-9-21(16(23)24-13)12-2-3-15(14(18)4-12)20-7-11(5-17)8-20/h2-4,11,13H,5-9H2,1H3,(H,19,22)/t13-/m0/s1. The molecule has 6 nitrogen and oxygen atoms in total. The van der Waals surface area contributed by atoms with Gasteiger partial charge in [0.05, 0.1) is 31.1 Å². The number of anilines is 2. The molecule has 2 heterocycles. The Balaban J connectivity index is 1.66. The number of cyclic esters (lactones) is 1. The van der Waals surface area contributed by atoms with Crippen molar-refractivity contribution in [3.8, 4) is 0 Å². The minimum absolute atomic E-state index is 0.0350. The molecule has 0 aliphatic carbocycles. The molecule has 0 saturated carbocycles. The van der Waals surface area contributed by atoms with E-state index in [1.54, 1.807) is 17.0 Å². The molecule has 24 heavy (non-hydrogen) atoms. The average molecular weight is 339 g/mol. The lowest BCUT2D eigenvalue weighted by molar-refractivity contribution is -0.119. The van der Waals surface area contributed by atoms with Crippen molar-refractivity contribution in [1.82, 2.24) is 5.32 Å². The average Bonchev–Trinajstić information content (AvgIpc) is 2.86. The Kier molecular flexibility index (Phi) is 4.55. The summed E-state index contributed by atoms with van der Waals surface area (Å²) in [5.41, 5.74) is 0.806. The number of nitrogens with one attached hydrogen (secondary N) is 1. The van der Waals surface area contributed by atoms with Crippen molar-refractivity contribution in [2.45, 2.75) is 13.0 Å². The Labute approximate surface area is 138 Å². The first-order valence-corrected chi connectivity index (χ1v) is 7.81. The lowest BCUT2D eigenvalue weighted by Gasteiger charge is -2.39. The van der Waals surface area contributed by atoms with Gasteiger partial charge in [-0.2, -0.15) is 0 Å². The Morgan fingerprint density at radius 2 is 2.12 bits per heavy atom. The van der Waals surface area contributed by atoms with Gasteiger partial charge < -0.3 is 15.0 Å². The molecule has 1 aromatic rings. The monoisotopic (exact) mass is 339 g/mol. The number of amides is 2. The van der Waals surface area contributed by atoms with Crippen molar-refractivity contribution in [2.24, 2.45) is 5.92 Å². The van der Waals surface area contributed by atoms with Crippen LogP contribution < -0.4 is 15.1 Å². The molecule has 2 amide bonds. The van der Waals surface area contributed by atoms with Crippen molar-refractivity contribution in [1.29, 1.82) is 0 Å². The van der Waals surface area contributed by atoms with Crippen LogP contribution in [0.2, 0.25) is 0 Å². The highest BCUT2D eigenvalue weighted by molar-refractivity contribution is 5.90. The maximum Gasteiger partial charge on any atom is 0.414 e. The Bertz CT molecular complexity index is 649. The van der Waals surface area contributed by atoms with Gasteiger partial charge in [-0.05, 0) is 18.2 Å². The molecule has 1 N–H and O–H groups in total. The van der Waals surface area contributed by atoms with E-state index in [1.807, 2.05) is 0 Å². The zero-order valence-corrected chi connectivity index (χ0v) is 13.3. The van der Waals surface area contributed by atoms with Crippen molar-refractivity contribution in [3.05, 3.63) is 24.0 Å². The van der Waals surface area contributed by atoms with Crippen LogP contribution in [-0.4, -0.2) is 51.0 Å². The number of benzene rings is 1. The molecule has 0 spiro atoms. The normalized spacial score (nSPS) is 20.8. The van der Waals surface area contributed by atoms with Crippen LogP contribution in [0.25, 0.3) is 0 Å². The van der Waals surface area contributed by atoms with E-state index in [0.717, 1.165) is 0 Å². The van der Waals surface area contributed by atoms with Gasteiger partial charge in [-0.15, -0.1) is 0 Å². The molecule has 0 bridgehead atoms. The molecule has 1 atom stereocenters. The Morgan fingerprint density at radius 1 is 1.38 bits per heavy atom. The number of carbonyl (C=O) groups excluding carboxylic acids is 2. The second-order valence-electron chi connectivity index (χ2n) is 6.11. The van der Waals surface area contributed by atoms with E-state index in [1.165, 1.54) is 17.9 Å². The molecule has 0 radical (unpaired) electrons. The Morgan fingerprint density at radius 3 is 2.75 bits per heavy atom. The highest BCUT2D eigenvalue weighted by atomic mass is 19.1. The van der Waals surface area contributed by atoms with Gasteiger partial charge in [-0.25, -0.2) is 9.18 Å². The number of rotatable bonds is 5. The van der Waals surface area contributed by atoms with E-state index in [0.29, 0.717) is 24.5 Å². The van der Waals surface area contributed by atoms with E-state index in [-0.39, 0.29) is 24.9 Å². The fourth-order valence-electron chi connectivity index (χ4n) is 2.88. The molecule has 130 valence electrons. The summed E-state index contributed by atoms with van der Waals surface area (Å²) in [7, 11) is 0. The minimum Gasteiger partial charge on any atom is -0.442 e. The van der Waals surface area contributed by atoms with E-state index >= 15 is 0 Å². The first kappa shape index (κ1) is 16.5. The van der Waals surface area contributed by atoms with Crippen molar-refractivity contribution >= 4 is 23.4 Å². The van der Waals surface area contributed by atoms with Crippen LogP contribution in [0.3, 0.4) is 0 Å². The van der Waals surface area contributed by atoms with Crippen LogP contribution in [-0.2, 0) is 9.53 Å². The second kappa shape index (κ2) is 6.62. The number of carbonyl (C=O) groups is 2. The second-order valence-corrected chi connectivity index (χ2v) is 6.11. The molecular formula is C16H19F2N3O3. The van der Waals surface area contributed by atoms with Crippen LogP contribution in [0.1, 0.15) is 6.92 Å². The molecule has 3 rings (SSSR count). The largest absolute Gasteiger partial charge is 0.442 e. The summed E-state index contributed by atoms with van der Waals surface area (Å²) in [5.74, 6) is -0.698. The van der Waals surface area contributed by atoms with Gasteiger partial charge in [-0.1, -0.05) is 0 Å². The summed E-state index contributed by atoms with van der Waals surface area (Å²) < 4.78 is 32.0. The number of halogens is 2. The van der Waals surface area contributed by atoms with E-state index in [4.69, 9.17) is 4.74 Å². The van der Waals surface area contributed by atoms with Crippen LogP contribution in [0.4, 0.5) is 25.0 Å². The molecule has 1 aromatic carbocycles. The zero-order chi connectivity index (χ0) is 17.3. The summed E-state index contributed by atoms with van der Waals surface area (Å²) in [6, 6.07) is 4.51. The number of hydrogen-bond donors (Lipinski definition) is 1. The molecular weight excluding hydrogens is 320 g/mol. The Hall–Kier alpha value is -2.38. The molecule has 2 saturated heterocycles. The van der Waals surface area contributed by atoms with E-state index in [2.05, 4.69) is 5.32 Å². The molecule has 2 fully saturated rings. The summed E-state index contributed by atoms with van der Waals surface area (Å²) in [5, 5.41) is 2.59. The zero-order valence-electron chi connectivity index (χ0n) is 13.3. The van der Waals surface area contributed by atoms with E-state index in [9.17, 15) is 18.4 Å². The summed E-state index contributed by atoms with van der Waals surface area (Å²) in [6.45, 7) is 2.44. The van der Waals surface area contributed by atoms with Gasteiger partial charge in [0.15, 0.2) is 0 Å². The third kappa shape index (κ3) is 3.27. The fourth-order valence-corrected chi connectivity index (χ4v) is 2.88. The van der Waals surface area contributed by atoms with Gasteiger partial charge in [0.25, 0.3) is 0 Å². The predicted molar refractivity (Wildman–Crippen MR) is 84.4 cm³/mol. The number of hydrogen-bond acceptors (Lipinski definition) is 4. The number of alkyl halides is 1. The third-order valence-corrected chi connectivity index (χ3v) is 4.21. The van der Waals surface area contributed by atoms with Gasteiger partial charge in [0, 0.05) is 25.9 Å². The number of nitrogens with zero attached hydrogens (tertiary/aromatic N) is 2. The van der Waals surface area contributed by atoms with Gasteiger partial charge in [-0.3, -0.25) is 14.1 Å². The van der Waals surface area contributed by atoms with Gasteiger partial charge in [0.1, 0.15) is 11.9 Å². The maximum absolute atomic E-state index is 14.3. The van der Waals surface area contributed by atoms with Crippen LogP contribution in [0.15, 0.2) is 18.2 Å². The lowest BCUT2D eigenvalue weighted by atomic mass is 10.0. The van der Waals surface area contributed by atoms with Gasteiger partial charge in [0.2, 0.25) is 5.91 Å².